The molecule has 104 valence electrons. The fourth-order valence-corrected chi connectivity index (χ4v) is 2.62. The summed E-state index contributed by atoms with van der Waals surface area (Å²) < 4.78 is 1.76. The van der Waals surface area contributed by atoms with Crippen LogP contribution in [0.15, 0.2) is 30.6 Å². The maximum atomic E-state index is 12.5. The summed E-state index contributed by atoms with van der Waals surface area (Å²) in [5.74, 6) is -1.25. The second-order valence-electron chi connectivity index (χ2n) is 4.94. The molecule has 3 rings (SSSR count). The van der Waals surface area contributed by atoms with Gasteiger partial charge in [-0.2, -0.15) is 0 Å². The minimum absolute atomic E-state index is 0.296. The van der Waals surface area contributed by atoms with E-state index in [1.807, 2.05) is 24.4 Å². The lowest BCUT2D eigenvalue weighted by atomic mass is 10.0. The van der Waals surface area contributed by atoms with Gasteiger partial charge < -0.3 is 14.4 Å². The highest BCUT2D eigenvalue weighted by molar-refractivity contribution is 5.95. The summed E-state index contributed by atoms with van der Waals surface area (Å²) in [6, 6.07) is 4.77. The predicted octanol–water partition coefficient (Wildman–Crippen LogP) is 1.41. The van der Waals surface area contributed by atoms with Gasteiger partial charge in [-0.3, -0.25) is 4.79 Å². The minimum atomic E-state index is -0.943. The van der Waals surface area contributed by atoms with E-state index < -0.39 is 12.0 Å². The number of fused-ring (bicyclic) bond motifs is 1. The SMILES string of the molecule is O=C(O)[C@H]1CCCCN1C(=O)c1cn2ccccc2n1. The monoisotopic (exact) mass is 273 g/mol. The van der Waals surface area contributed by atoms with Crippen molar-refractivity contribution < 1.29 is 14.7 Å². The van der Waals surface area contributed by atoms with Crippen molar-refractivity contribution in [2.45, 2.75) is 25.3 Å². The third kappa shape index (κ3) is 2.13. The molecule has 1 aliphatic heterocycles. The number of hydrogen-bond acceptors (Lipinski definition) is 3. The van der Waals surface area contributed by atoms with Crippen LogP contribution in [0.5, 0.6) is 0 Å². The van der Waals surface area contributed by atoms with Crippen molar-refractivity contribution in [2.75, 3.05) is 6.54 Å². The third-order valence-corrected chi connectivity index (χ3v) is 3.63. The number of carboxylic acid groups (broad SMARTS) is 1. The lowest BCUT2D eigenvalue weighted by Gasteiger charge is -2.32. The number of imidazole rings is 1. The molecule has 1 saturated heterocycles. The molecule has 2 aromatic rings. The second kappa shape index (κ2) is 4.96. The molecule has 6 nitrogen and oxygen atoms in total. The number of hydrogen-bond donors (Lipinski definition) is 1. The highest BCUT2D eigenvalue weighted by atomic mass is 16.4. The second-order valence-corrected chi connectivity index (χ2v) is 4.94. The normalized spacial score (nSPS) is 19.2. The smallest absolute Gasteiger partial charge is 0.326 e. The summed E-state index contributed by atoms with van der Waals surface area (Å²) in [6.07, 6.45) is 5.64. The Labute approximate surface area is 115 Å². The molecule has 0 bridgehead atoms. The molecule has 0 aliphatic carbocycles. The minimum Gasteiger partial charge on any atom is -0.480 e. The van der Waals surface area contributed by atoms with Gasteiger partial charge in [-0.1, -0.05) is 6.07 Å². The van der Waals surface area contributed by atoms with Crippen molar-refractivity contribution in [2.24, 2.45) is 0 Å². The quantitative estimate of drug-likeness (QED) is 0.897. The molecule has 0 saturated carbocycles. The number of piperidine rings is 1. The zero-order chi connectivity index (χ0) is 14.1. The van der Waals surface area contributed by atoms with Gasteiger partial charge in [0, 0.05) is 18.9 Å². The van der Waals surface area contributed by atoms with Gasteiger partial charge in [-0.15, -0.1) is 0 Å². The highest BCUT2D eigenvalue weighted by Gasteiger charge is 2.33. The average Bonchev–Trinajstić information content (AvgIpc) is 2.90. The molecular weight excluding hydrogens is 258 g/mol. The van der Waals surface area contributed by atoms with Gasteiger partial charge in [0.05, 0.1) is 0 Å². The molecule has 1 aliphatic rings. The van der Waals surface area contributed by atoms with E-state index in [-0.39, 0.29) is 5.91 Å². The molecule has 1 atom stereocenters. The first-order chi connectivity index (χ1) is 9.66. The van der Waals surface area contributed by atoms with Crippen LogP contribution in [0.4, 0.5) is 0 Å². The van der Waals surface area contributed by atoms with Crippen molar-refractivity contribution in [3.05, 3.63) is 36.3 Å². The number of rotatable bonds is 2. The molecule has 2 aromatic heterocycles. The lowest BCUT2D eigenvalue weighted by molar-refractivity contribution is -0.143. The van der Waals surface area contributed by atoms with Gasteiger partial charge in [-0.05, 0) is 31.4 Å². The maximum absolute atomic E-state index is 12.5. The molecule has 6 heteroatoms. The Balaban J connectivity index is 1.92. The molecule has 1 fully saturated rings. The summed E-state index contributed by atoms with van der Waals surface area (Å²) >= 11 is 0. The van der Waals surface area contributed by atoms with Crippen molar-refractivity contribution in [1.29, 1.82) is 0 Å². The van der Waals surface area contributed by atoms with Crippen LogP contribution in [-0.4, -0.2) is 43.9 Å². The molecule has 0 unspecified atom stereocenters. The number of likely N-dealkylation sites (tertiary alicyclic amines) is 1. The Bertz CT molecular complexity index is 631. The van der Waals surface area contributed by atoms with Crippen LogP contribution >= 0.6 is 0 Å². The highest BCUT2D eigenvalue weighted by Crippen LogP contribution is 2.20. The molecule has 3 heterocycles. The van der Waals surface area contributed by atoms with Gasteiger partial charge in [0.15, 0.2) is 0 Å². The zero-order valence-corrected chi connectivity index (χ0v) is 10.9. The van der Waals surface area contributed by atoms with E-state index in [0.29, 0.717) is 24.3 Å². The predicted molar refractivity (Wildman–Crippen MR) is 71.5 cm³/mol. The van der Waals surface area contributed by atoms with Crippen LogP contribution in [0.3, 0.4) is 0 Å². The molecule has 0 aromatic carbocycles. The summed E-state index contributed by atoms with van der Waals surface area (Å²) in [5, 5.41) is 9.22. The molecule has 0 radical (unpaired) electrons. The molecule has 1 amide bonds. The maximum Gasteiger partial charge on any atom is 0.326 e. The Kier molecular flexibility index (Phi) is 3.14. The first-order valence-corrected chi connectivity index (χ1v) is 6.64. The Hall–Kier alpha value is -2.37. The van der Waals surface area contributed by atoms with E-state index >= 15 is 0 Å². The summed E-state index contributed by atoms with van der Waals surface area (Å²) in [7, 11) is 0. The number of pyridine rings is 1. The number of carbonyl (C=O) groups excluding carboxylic acids is 1. The fraction of sp³-hybridized carbons (Fsp3) is 0.357. The third-order valence-electron chi connectivity index (χ3n) is 3.63. The van der Waals surface area contributed by atoms with Crippen LogP contribution in [0.25, 0.3) is 5.65 Å². The summed E-state index contributed by atoms with van der Waals surface area (Å²) in [6.45, 7) is 0.476. The van der Waals surface area contributed by atoms with Gasteiger partial charge in [0.2, 0.25) is 0 Å². The largest absolute Gasteiger partial charge is 0.480 e. The van der Waals surface area contributed by atoms with Crippen LogP contribution in [0.1, 0.15) is 29.8 Å². The number of aromatic nitrogens is 2. The van der Waals surface area contributed by atoms with Crippen LogP contribution < -0.4 is 0 Å². The summed E-state index contributed by atoms with van der Waals surface area (Å²) in [5.41, 5.74) is 0.976. The molecule has 1 N–H and O–H groups in total. The van der Waals surface area contributed by atoms with Crippen LogP contribution in [0, 0.1) is 0 Å². The van der Waals surface area contributed by atoms with Crippen molar-refractivity contribution in [3.8, 4) is 0 Å². The van der Waals surface area contributed by atoms with E-state index in [1.54, 1.807) is 10.6 Å². The van der Waals surface area contributed by atoms with E-state index in [0.717, 1.165) is 12.8 Å². The molecule has 0 spiro atoms. The average molecular weight is 273 g/mol. The number of nitrogens with zero attached hydrogens (tertiary/aromatic N) is 3. The van der Waals surface area contributed by atoms with E-state index in [4.69, 9.17) is 0 Å². The number of carbonyl (C=O) groups is 2. The zero-order valence-electron chi connectivity index (χ0n) is 10.9. The Morgan fingerprint density at radius 1 is 1.30 bits per heavy atom. The number of aliphatic carboxylic acids is 1. The van der Waals surface area contributed by atoms with Gasteiger partial charge in [-0.25, -0.2) is 9.78 Å². The molecular formula is C14H15N3O3. The fourth-order valence-electron chi connectivity index (χ4n) is 2.62. The Morgan fingerprint density at radius 3 is 2.90 bits per heavy atom. The number of amides is 1. The Morgan fingerprint density at radius 2 is 2.15 bits per heavy atom. The lowest BCUT2D eigenvalue weighted by Crippen LogP contribution is -2.48. The topological polar surface area (TPSA) is 74.9 Å². The standard InChI is InChI=1S/C14H15N3O3/c18-13(17-8-4-1-5-11(17)14(19)20)10-9-16-7-3-2-6-12(16)15-10/h2-3,6-7,9,11H,1,4-5,8H2,(H,19,20)/t11-/m1/s1. The van der Waals surface area contributed by atoms with E-state index in [9.17, 15) is 14.7 Å². The first kappa shape index (κ1) is 12.7. The van der Waals surface area contributed by atoms with Gasteiger partial charge in [0.25, 0.3) is 5.91 Å². The van der Waals surface area contributed by atoms with Crippen LogP contribution in [0.2, 0.25) is 0 Å². The van der Waals surface area contributed by atoms with E-state index in [1.165, 1.54) is 4.90 Å². The number of carboxylic acids is 1. The van der Waals surface area contributed by atoms with E-state index in [2.05, 4.69) is 4.98 Å². The van der Waals surface area contributed by atoms with Gasteiger partial charge >= 0.3 is 5.97 Å². The van der Waals surface area contributed by atoms with Crippen molar-refractivity contribution in [3.63, 3.8) is 0 Å². The van der Waals surface area contributed by atoms with Crippen molar-refractivity contribution in [1.82, 2.24) is 14.3 Å². The summed E-state index contributed by atoms with van der Waals surface area (Å²) in [4.78, 5) is 29.4. The van der Waals surface area contributed by atoms with Gasteiger partial charge in [0.1, 0.15) is 17.4 Å². The first-order valence-electron chi connectivity index (χ1n) is 6.64. The van der Waals surface area contributed by atoms with Crippen LogP contribution in [-0.2, 0) is 4.79 Å². The molecule has 20 heavy (non-hydrogen) atoms. The van der Waals surface area contributed by atoms with Crippen molar-refractivity contribution >= 4 is 17.5 Å².